The number of ether oxygens (including phenoxy) is 1. The van der Waals surface area contributed by atoms with Crippen molar-refractivity contribution in [3.8, 4) is 0 Å². The Kier molecular flexibility index (Phi) is 6.35. The van der Waals surface area contributed by atoms with E-state index in [0.29, 0.717) is 15.8 Å². The lowest BCUT2D eigenvalue weighted by molar-refractivity contribution is -0.122. The summed E-state index contributed by atoms with van der Waals surface area (Å²) in [4.78, 5) is 18.6. The number of carbonyl (C=O) groups is 1. The summed E-state index contributed by atoms with van der Waals surface area (Å²) in [5.41, 5.74) is 1.03. The van der Waals surface area contributed by atoms with Crippen LogP contribution in [0.1, 0.15) is 5.56 Å². The molecule has 128 valence electrons. The predicted octanol–water partition coefficient (Wildman–Crippen LogP) is 2.94. The molecule has 7 heteroatoms. The SMILES string of the molecule is CSc1ccc(C=C2SC(=S)N(CCN3CCOCC3)C2=O)cc1. The number of benzene rings is 1. The van der Waals surface area contributed by atoms with Gasteiger partial charge >= 0.3 is 0 Å². The van der Waals surface area contributed by atoms with Crippen LogP contribution in [0.25, 0.3) is 6.08 Å². The van der Waals surface area contributed by atoms with Crippen molar-refractivity contribution in [3.63, 3.8) is 0 Å². The van der Waals surface area contributed by atoms with E-state index < -0.39 is 0 Å². The van der Waals surface area contributed by atoms with Crippen LogP contribution in [0.5, 0.6) is 0 Å². The van der Waals surface area contributed by atoms with E-state index in [2.05, 4.69) is 23.3 Å². The summed E-state index contributed by atoms with van der Waals surface area (Å²) >= 11 is 8.50. The maximum Gasteiger partial charge on any atom is 0.266 e. The van der Waals surface area contributed by atoms with E-state index in [1.807, 2.05) is 18.2 Å². The minimum atomic E-state index is 0.0206. The standard InChI is InChI=1S/C17H20N2O2S3/c1-23-14-4-2-13(3-5-14)12-15-16(20)19(17(22)24-15)7-6-18-8-10-21-11-9-18/h2-5,12H,6-11H2,1H3. The molecule has 0 N–H and O–H groups in total. The molecule has 0 saturated carbocycles. The molecule has 0 unspecified atom stereocenters. The third-order valence-electron chi connectivity index (χ3n) is 4.03. The van der Waals surface area contributed by atoms with E-state index in [0.717, 1.165) is 38.4 Å². The summed E-state index contributed by atoms with van der Waals surface area (Å²) in [5.74, 6) is 0.0206. The molecular weight excluding hydrogens is 360 g/mol. The van der Waals surface area contributed by atoms with E-state index in [1.165, 1.54) is 16.7 Å². The van der Waals surface area contributed by atoms with Gasteiger partial charge in [-0.3, -0.25) is 14.6 Å². The summed E-state index contributed by atoms with van der Waals surface area (Å²) in [6, 6.07) is 8.20. The van der Waals surface area contributed by atoms with Gasteiger partial charge in [-0.15, -0.1) is 11.8 Å². The normalized spacial score (nSPS) is 21.0. The summed E-state index contributed by atoms with van der Waals surface area (Å²) in [6.07, 6.45) is 3.98. The molecule has 0 bridgehead atoms. The Bertz CT molecular complexity index is 640. The predicted molar refractivity (Wildman–Crippen MR) is 105 cm³/mol. The zero-order chi connectivity index (χ0) is 16.9. The van der Waals surface area contributed by atoms with E-state index in [1.54, 1.807) is 16.7 Å². The molecule has 2 fully saturated rings. The highest BCUT2D eigenvalue weighted by atomic mass is 32.2. The second-order valence-corrected chi connectivity index (χ2v) is 8.12. The van der Waals surface area contributed by atoms with Crippen LogP contribution in [-0.2, 0) is 9.53 Å². The molecule has 1 aromatic carbocycles. The summed E-state index contributed by atoms with van der Waals surface area (Å²) < 4.78 is 6.00. The molecule has 0 spiro atoms. The third-order valence-corrected chi connectivity index (χ3v) is 6.15. The number of rotatable bonds is 5. The molecule has 2 aliphatic rings. The van der Waals surface area contributed by atoms with E-state index >= 15 is 0 Å². The number of morpholine rings is 1. The second-order valence-electron chi connectivity index (χ2n) is 5.56. The number of thioether (sulfide) groups is 2. The lowest BCUT2D eigenvalue weighted by Gasteiger charge is -2.28. The first-order valence-corrected chi connectivity index (χ1v) is 10.3. The molecule has 2 saturated heterocycles. The summed E-state index contributed by atoms with van der Waals surface area (Å²) in [6.45, 7) is 4.87. The van der Waals surface area contributed by atoms with Gasteiger partial charge in [-0.1, -0.05) is 36.1 Å². The first-order chi connectivity index (χ1) is 11.7. The molecular formula is C17H20N2O2S3. The van der Waals surface area contributed by atoms with Crippen molar-refractivity contribution in [1.82, 2.24) is 9.80 Å². The number of amides is 1. The lowest BCUT2D eigenvalue weighted by Crippen LogP contribution is -2.42. The van der Waals surface area contributed by atoms with Gasteiger partial charge in [0.25, 0.3) is 5.91 Å². The molecule has 2 heterocycles. The van der Waals surface area contributed by atoms with Crippen molar-refractivity contribution in [1.29, 1.82) is 0 Å². The number of carbonyl (C=O) groups excluding carboxylic acids is 1. The first kappa shape index (κ1) is 17.9. The average molecular weight is 381 g/mol. The van der Waals surface area contributed by atoms with Gasteiger partial charge in [-0.2, -0.15) is 0 Å². The van der Waals surface area contributed by atoms with Crippen molar-refractivity contribution in [2.75, 3.05) is 45.6 Å². The van der Waals surface area contributed by atoms with Gasteiger partial charge in [-0.25, -0.2) is 0 Å². The van der Waals surface area contributed by atoms with Gasteiger partial charge in [0.2, 0.25) is 0 Å². The molecule has 2 aliphatic heterocycles. The van der Waals surface area contributed by atoms with Crippen molar-refractivity contribution in [2.24, 2.45) is 0 Å². The molecule has 3 rings (SSSR count). The molecule has 0 atom stereocenters. The highest BCUT2D eigenvalue weighted by Gasteiger charge is 2.32. The molecule has 24 heavy (non-hydrogen) atoms. The Hall–Kier alpha value is -0.860. The zero-order valence-electron chi connectivity index (χ0n) is 13.6. The van der Waals surface area contributed by atoms with Gasteiger partial charge in [0.1, 0.15) is 4.32 Å². The van der Waals surface area contributed by atoms with Gasteiger partial charge in [0, 0.05) is 31.1 Å². The second kappa shape index (κ2) is 8.49. The summed E-state index contributed by atoms with van der Waals surface area (Å²) in [5, 5.41) is 0. The number of hydrogen-bond acceptors (Lipinski definition) is 6. The summed E-state index contributed by atoms with van der Waals surface area (Å²) in [7, 11) is 0. The van der Waals surface area contributed by atoms with Crippen LogP contribution in [0.2, 0.25) is 0 Å². The average Bonchev–Trinajstić information content (AvgIpc) is 2.88. The van der Waals surface area contributed by atoms with Crippen molar-refractivity contribution < 1.29 is 9.53 Å². The van der Waals surface area contributed by atoms with Crippen LogP contribution in [0.15, 0.2) is 34.1 Å². The number of thiocarbonyl (C=S) groups is 1. The Labute approximate surface area is 156 Å². The minimum absolute atomic E-state index is 0.0206. The maximum atomic E-state index is 12.6. The van der Waals surface area contributed by atoms with Gasteiger partial charge in [0.05, 0.1) is 18.1 Å². The largest absolute Gasteiger partial charge is 0.379 e. The Morgan fingerprint density at radius 3 is 2.62 bits per heavy atom. The topological polar surface area (TPSA) is 32.8 Å². The Morgan fingerprint density at radius 2 is 1.96 bits per heavy atom. The lowest BCUT2D eigenvalue weighted by atomic mass is 10.2. The monoisotopic (exact) mass is 380 g/mol. The van der Waals surface area contributed by atoms with Crippen LogP contribution < -0.4 is 0 Å². The molecule has 1 aromatic rings. The number of hydrogen-bond donors (Lipinski definition) is 0. The van der Waals surface area contributed by atoms with E-state index in [9.17, 15) is 4.79 Å². The fourth-order valence-corrected chi connectivity index (χ4v) is 4.33. The van der Waals surface area contributed by atoms with Crippen molar-refractivity contribution in [2.45, 2.75) is 4.90 Å². The quantitative estimate of drug-likeness (QED) is 0.444. The smallest absolute Gasteiger partial charge is 0.266 e. The fraction of sp³-hybridized carbons (Fsp3) is 0.412. The molecule has 0 aromatic heterocycles. The van der Waals surface area contributed by atoms with Crippen LogP contribution in [-0.4, -0.2) is 65.7 Å². The van der Waals surface area contributed by atoms with E-state index in [-0.39, 0.29) is 5.91 Å². The van der Waals surface area contributed by atoms with Crippen LogP contribution >= 0.6 is 35.7 Å². The van der Waals surface area contributed by atoms with Crippen LogP contribution in [0.4, 0.5) is 0 Å². The van der Waals surface area contributed by atoms with E-state index in [4.69, 9.17) is 17.0 Å². The fourth-order valence-electron chi connectivity index (χ4n) is 2.61. The van der Waals surface area contributed by atoms with Crippen LogP contribution in [0, 0.1) is 0 Å². The minimum Gasteiger partial charge on any atom is -0.379 e. The molecule has 0 aliphatic carbocycles. The maximum absolute atomic E-state index is 12.6. The zero-order valence-corrected chi connectivity index (χ0v) is 16.0. The van der Waals surface area contributed by atoms with Crippen molar-refractivity contribution >= 4 is 52.0 Å². The molecule has 1 amide bonds. The van der Waals surface area contributed by atoms with Gasteiger partial charge in [0.15, 0.2) is 0 Å². The van der Waals surface area contributed by atoms with Crippen LogP contribution in [0.3, 0.4) is 0 Å². The van der Waals surface area contributed by atoms with Crippen molar-refractivity contribution in [3.05, 3.63) is 34.7 Å². The highest BCUT2D eigenvalue weighted by molar-refractivity contribution is 8.26. The van der Waals surface area contributed by atoms with Gasteiger partial charge in [-0.05, 0) is 30.0 Å². The highest BCUT2D eigenvalue weighted by Crippen LogP contribution is 2.32. The Morgan fingerprint density at radius 1 is 1.25 bits per heavy atom. The molecule has 4 nitrogen and oxygen atoms in total. The number of nitrogens with zero attached hydrogens (tertiary/aromatic N) is 2. The molecule has 0 radical (unpaired) electrons. The first-order valence-electron chi connectivity index (χ1n) is 7.87. The van der Waals surface area contributed by atoms with Gasteiger partial charge < -0.3 is 4.74 Å². The third kappa shape index (κ3) is 4.40. The Balaban J connectivity index is 1.63.